The molecule has 0 N–H and O–H groups in total. The van der Waals surface area contributed by atoms with E-state index in [-0.39, 0.29) is 6.04 Å². The van der Waals surface area contributed by atoms with Crippen LogP contribution >= 0.6 is 54.8 Å². The van der Waals surface area contributed by atoms with E-state index in [0.29, 0.717) is 24.9 Å². The van der Waals surface area contributed by atoms with Gasteiger partial charge in [-0.2, -0.15) is 4.31 Å². The Hall–Kier alpha value is 0.860. The van der Waals surface area contributed by atoms with Crippen LogP contribution in [0.15, 0.2) is 14.1 Å². The van der Waals surface area contributed by atoms with Crippen LogP contribution in [0, 0.1) is 0 Å². The molecule has 19 heavy (non-hydrogen) atoms. The van der Waals surface area contributed by atoms with Crippen molar-refractivity contribution >= 4 is 64.8 Å². The zero-order valence-electron chi connectivity index (χ0n) is 10.1. The molecule has 1 aliphatic carbocycles. The van der Waals surface area contributed by atoms with Gasteiger partial charge >= 0.3 is 0 Å². The van der Waals surface area contributed by atoms with E-state index < -0.39 is 10.0 Å². The lowest BCUT2D eigenvalue weighted by molar-refractivity contribution is 0.339. The van der Waals surface area contributed by atoms with E-state index in [0.717, 1.165) is 25.7 Å². The third-order valence-electron chi connectivity index (χ3n) is 3.22. The van der Waals surface area contributed by atoms with Gasteiger partial charge in [-0.3, -0.25) is 0 Å². The Labute approximate surface area is 139 Å². The van der Waals surface area contributed by atoms with Crippen LogP contribution < -0.4 is 0 Å². The van der Waals surface area contributed by atoms with Gasteiger partial charge in [0.05, 0.1) is 8.81 Å². The molecule has 1 aliphatic rings. The summed E-state index contributed by atoms with van der Waals surface area (Å²) in [5.74, 6) is 0. The lowest BCUT2D eigenvalue weighted by Crippen LogP contribution is -2.39. The van der Waals surface area contributed by atoms with Crippen LogP contribution in [0.1, 0.15) is 25.7 Å². The number of alkyl halides is 1. The van der Waals surface area contributed by atoms with Crippen molar-refractivity contribution in [3.63, 3.8) is 0 Å². The quantitative estimate of drug-likeness (QED) is 0.619. The van der Waals surface area contributed by atoms with E-state index in [1.807, 2.05) is 0 Å². The molecule has 1 fully saturated rings. The summed E-state index contributed by atoms with van der Waals surface area (Å²) in [6.07, 6.45) is 4.11. The fourth-order valence-corrected chi connectivity index (χ4v) is 7.18. The van der Waals surface area contributed by atoms with Gasteiger partial charge in [-0.05, 0) is 34.8 Å². The maximum atomic E-state index is 12.7. The van der Waals surface area contributed by atoms with Gasteiger partial charge in [0, 0.05) is 17.9 Å². The third kappa shape index (κ3) is 3.55. The minimum absolute atomic E-state index is 0.127. The van der Waals surface area contributed by atoms with Crippen LogP contribution in [0.5, 0.6) is 0 Å². The highest BCUT2D eigenvalue weighted by molar-refractivity contribution is 9.11. The Bertz CT molecular complexity index is 521. The van der Waals surface area contributed by atoms with Crippen molar-refractivity contribution in [2.75, 3.05) is 11.9 Å². The standard InChI is InChI=1S/C11H14Br2ClNO2S2/c12-5-6-15(8-3-1-2-4-8)19(16,17)10-7-9(14)11(13)18-10/h7-8H,1-6H2. The summed E-state index contributed by atoms with van der Waals surface area (Å²) in [5.41, 5.74) is 0. The summed E-state index contributed by atoms with van der Waals surface area (Å²) < 4.78 is 28.0. The van der Waals surface area contributed by atoms with Gasteiger partial charge in [0.15, 0.2) is 0 Å². The molecule has 1 heterocycles. The molecule has 0 spiro atoms. The first-order chi connectivity index (χ1) is 8.96. The molecule has 1 aromatic rings. The fraction of sp³-hybridized carbons (Fsp3) is 0.636. The van der Waals surface area contributed by atoms with Crippen LogP contribution in [0.25, 0.3) is 0 Å². The molecular weight excluding hydrogens is 438 g/mol. The average molecular weight is 452 g/mol. The highest BCUT2D eigenvalue weighted by Gasteiger charge is 2.34. The monoisotopic (exact) mass is 449 g/mol. The Morgan fingerprint density at radius 1 is 1.42 bits per heavy atom. The van der Waals surface area contributed by atoms with Gasteiger partial charge in [0.2, 0.25) is 0 Å². The summed E-state index contributed by atoms with van der Waals surface area (Å²) in [6, 6.07) is 1.66. The molecule has 0 atom stereocenters. The topological polar surface area (TPSA) is 37.4 Å². The van der Waals surface area contributed by atoms with E-state index in [1.54, 1.807) is 4.31 Å². The van der Waals surface area contributed by atoms with Gasteiger partial charge in [-0.25, -0.2) is 8.42 Å². The molecule has 0 aliphatic heterocycles. The molecule has 1 saturated carbocycles. The molecule has 0 saturated heterocycles. The van der Waals surface area contributed by atoms with Gasteiger partial charge in [-0.1, -0.05) is 40.4 Å². The van der Waals surface area contributed by atoms with E-state index in [2.05, 4.69) is 31.9 Å². The SMILES string of the molecule is O=S(=O)(c1cc(Cl)c(Br)s1)N(CCBr)C1CCCC1. The molecule has 1 aromatic heterocycles. The number of rotatable bonds is 5. The lowest BCUT2D eigenvalue weighted by atomic mass is 10.2. The fourth-order valence-electron chi connectivity index (χ4n) is 2.34. The van der Waals surface area contributed by atoms with Crippen LogP contribution in [-0.4, -0.2) is 30.6 Å². The van der Waals surface area contributed by atoms with Crippen molar-refractivity contribution in [1.82, 2.24) is 4.31 Å². The number of hydrogen-bond donors (Lipinski definition) is 0. The second-order valence-corrected chi connectivity index (χ2v) is 10.1. The first-order valence-corrected chi connectivity index (χ1v) is 10.5. The van der Waals surface area contributed by atoms with Crippen molar-refractivity contribution in [1.29, 1.82) is 0 Å². The van der Waals surface area contributed by atoms with E-state index in [4.69, 9.17) is 11.6 Å². The van der Waals surface area contributed by atoms with Gasteiger partial charge in [0.25, 0.3) is 10.0 Å². The lowest BCUT2D eigenvalue weighted by Gasteiger charge is -2.26. The van der Waals surface area contributed by atoms with E-state index >= 15 is 0 Å². The zero-order chi connectivity index (χ0) is 14.0. The zero-order valence-corrected chi connectivity index (χ0v) is 15.7. The largest absolute Gasteiger partial charge is 0.252 e. The van der Waals surface area contributed by atoms with Crippen LogP contribution in [-0.2, 0) is 10.0 Å². The Kier molecular flexibility index (Phi) is 5.77. The van der Waals surface area contributed by atoms with E-state index in [9.17, 15) is 8.42 Å². The first-order valence-electron chi connectivity index (χ1n) is 5.99. The molecule has 0 amide bonds. The van der Waals surface area contributed by atoms with Gasteiger partial charge in [-0.15, -0.1) is 11.3 Å². The van der Waals surface area contributed by atoms with Crippen molar-refractivity contribution < 1.29 is 8.42 Å². The average Bonchev–Trinajstić information content (AvgIpc) is 2.97. The van der Waals surface area contributed by atoms with Crippen LogP contribution in [0.2, 0.25) is 5.02 Å². The molecule has 2 rings (SSSR count). The Morgan fingerprint density at radius 3 is 2.53 bits per heavy atom. The molecule has 108 valence electrons. The molecule has 0 unspecified atom stereocenters. The molecule has 3 nitrogen and oxygen atoms in total. The summed E-state index contributed by atoms with van der Waals surface area (Å²) in [6.45, 7) is 0.500. The second kappa shape index (κ2) is 6.75. The van der Waals surface area contributed by atoms with Crippen molar-refractivity contribution in [3.8, 4) is 0 Å². The maximum Gasteiger partial charge on any atom is 0.252 e. The Morgan fingerprint density at radius 2 is 2.05 bits per heavy atom. The highest BCUT2D eigenvalue weighted by Crippen LogP contribution is 2.37. The highest BCUT2D eigenvalue weighted by atomic mass is 79.9. The van der Waals surface area contributed by atoms with Gasteiger partial charge in [0.1, 0.15) is 4.21 Å². The predicted molar refractivity (Wildman–Crippen MR) is 87.0 cm³/mol. The number of thiophene rings is 1. The summed E-state index contributed by atoms with van der Waals surface area (Å²) in [5, 5.41) is 1.09. The van der Waals surface area contributed by atoms with Crippen molar-refractivity contribution in [3.05, 3.63) is 14.9 Å². The second-order valence-electron chi connectivity index (χ2n) is 4.43. The van der Waals surface area contributed by atoms with Crippen molar-refractivity contribution in [2.45, 2.75) is 35.9 Å². The van der Waals surface area contributed by atoms with Crippen LogP contribution in [0.3, 0.4) is 0 Å². The normalized spacial score (nSPS) is 17.5. The summed E-state index contributed by atoms with van der Waals surface area (Å²) >= 11 is 13.7. The predicted octanol–water partition coefficient (Wildman–Crippen LogP) is 4.49. The number of hydrogen-bond acceptors (Lipinski definition) is 3. The Balaban J connectivity index is 2.33. The molecule has 0 bridgehead atoms. The third-order valence-corrected chi connectivity index (χ3v) is 8.45. The summed E-state index contributed by atoms with van der Waals surface area (Å²) in [4.78, 5) is 0. The minimum atomic E-state index is -3.44. The minimum Gasteiger partial charge on any atom is -0.206 e. The number of nitrogens with zero attached hydrogens (tertiary/aromatic N) is 1. The molecule has 0 radical (unpaired) electrons. The smallest absolute Gasteiger partial charge is 0.206 e. The summed E-state index contributed by atoms with van der Waals surface area (Å²) in [7, 11) is -3.44. The first kappa shape index (κ1) is 16.2. The van der Waals surface area contributed by atoms with E-state index in [1.165, 1.54) is 17.4 Å². The van der Waals surface area contributed by atoms with Crippen LogP contribution in [0.4, 0.5) is 0 Å². The van der Waals surface area contributed by atoms with Crippen molar-refractivity contribution in [2.24, 2.45) is 0 Å². The number of halogens is 3. The molecule has 8 heteroatoms. The molecule has 0 aromatic carbocycles. The maximum absolute atomic E-state index is 12.7. The molecular formula is C11H14Br2ClNO2S2. The van der Waals surface area contributed by atoms with Gasteiger partial charge < -0.3 is 0 Å². The number of sulfonamides is 1.